The molecular formula is C28H46O. The second kappa shape index (κ2) is 7.83. The normalized spacial score (nSPS) is 45.4. The molecule has 0 spiro atoms. The minimum atomic E-state index is 0.313. The number of fused-ring (bicyclic) bond motifs is 5. The van der Waals surface area contributed by atoms with E-state index in [1.165, 1.54) is 56.9 Å². The Hall–Kier alpha value is -0.590. The summed E-state index contributed by atoms with van der Waals surface area (Å²) < 4.78 is 0. The summed E-state index contributed by atoms with van der Waals surface area (Å²) in [7, 11) is 0. The summed E-state index contributed by atoms with van der Waals surface area (Å²) >= 11 is 0. The highest BCUT2D eigenvalue weighted by Gasteiger charge is 2.60. The van der Waals surface area contributed by atoms with Crippen molar-refractivity contribution in [3.05, 3.63) is 11.6 Å². The van der Waals surface area contributed by atoms with Crippen LogP contribution in [0.1, 0.15) is 106 Å². The fraction of sp³-hybridized carbons (Fsp3) is 0.893. The van der Waals surface area contributed by atoms with Crippen LogP contribution in [0.15, 0.2) is 11.6 Å². The summed E-state index contributed by atoms with van der Waals surface area (Å²) in [5, 5.41) is 0. The third kappa shape index (κ3) is 3.57. The minimum Gasteiger partial charge on any atom is -0.295 e. The zero-order chi connectivity index (χ0) is 21.0. The molecule has 1 nitrogen and oxygen atoms in total. The molecule has 0 heterocycles. The van der Waals surface area contributed by atoms with Gasteiger partial charge < -0.3 is 0 Å². The van der Waals surface area contributed by atoms with Gasteiger partial charge in [-0.2, -0.15) is 0 Å². The predicted octanol–water partition coefficient (Wildman–Crippen LogP) is 7.84. The third-order valence-electron chi connectivity index (χ3n) is 10.5. The lowest BCUT2D eigenvalue weighted by molar-refractivity contribution is -0.118. The van der Waals surface area contributed by atoms with E-state index in [4.69, 9.17) is 0 Å². The van der Waals surface area contributed by atoms with Crippen LogP contribution < -0.4 is 0 Å². The Balaban J connectivity index is 1.54. The molecule has 0 aromatic heterocycles. The molecule has 3 saturated carbocycles. The molecule has 3 fully saturated rings. The summed E-state index contributed by atoms with van der Waals surface area (Å²) in [6.07, 6.45) is 15.2. The molecule has 0 bridgehead atoms. The van der Waals surface area contributed by atoms with Crippen LogP contribution in [0.25, 0.3) is 0 Å². The molecule has 4 rings (SSSR count). The van der Waals surface area contributed by atoms with Gasteiger partial charge in [0.15, 0.2) is 5.78 Å². The van der Waals surface area contributed by atoms with Gasteiger partial charge in [0.25, 0.3) is 0 Å². The molecule has 8 atom stereocenters. The molecule has 4 aliphatic rings. The van der Waals surface area contributed by atoms with Crippen molar-refractivity contribution in [1.29, 1.82) is 0 Å². The fourth-order valence-electron chi connectivity index (χ4n) is 8.93. The molecule has 1 heteroatoms. The summed E-state index contributed by atoms with van der Waals surface area (Å²) in [6.45, 7) is 15.0. The van der Waals surface area contributed by atoms with Crippen molar-refractivity contribution in [2.75, 3.05) is 0 Å². The molecule has 0 radical (unpaired) electrons. The first-order chi connectivity index (χ1) is 13.7. The Labute approximate surface area is 180 Å². The molecule has 0 N–H and O–H groups in total. The van der Waals surface area contributed by atoms with E-state index in [1.54, 1.807) is 0 Å². The van der Waals surface area contributed by atoms with Gasteiger partial charge in [-0.05, 0) is 96.9 Å². The first-order valence-corrected chi connectivity index (χ1v) is 12.9. The smallest absolute Gasteiger partial charge is 0.155 e. The lowest BCUT2D eigenvalue weighted by Gasteiger charge is -2.60. The van der Waals surface area contributed by atoms with Crippen molar-refractivity contribution in [3.63, 3.8) is 0 Å². The molecule has 0 aromatic rings. The van der Waals surface area contributed by atoms with Crippen LogP contribution in [-0.2, 0) is 4.79 Å². The van der Waals surface area contributed by atoms with E-state index in [-0.39, 0.29) is 0 Å². The SMILES string of the molecule is CC(C)CCCC(C)[C@H]1CCC2C3C(CC[C@@]21C)[C@@]1(C)CCC(=O)C=C1C[C@@H]3C. The van der Waals surface area contributed by atoms with Crippen LogP contribution >= 0.6 is 0 Å². The van der Waals surface area contributed by atoms with Crippen LogP contribution in [0.4, 0.5) is 0 Å². The number of hydrogen-bond acceptors (Lipinski definition) is 1. The van der Waals surface area contributed by atoms with Crippen molar-refractivity contribution in [3.8, 4) is 0 Å². The first kappa shape index (κ1) is 21.6. The van der Waals surface area contributed by atoms with Gasteiger partial charge in [-0.1, -0.05) is 66.4 Å². The molecule has 29 heavy (non-hydrogen) atoms. The molecule has 164 valence electrons. The Morgan fingerprint density at radius 2 is 1.79 bits per heavy atom. The molecule has 0 aliphatic heterocycles. The molecule has 0 saturated heterocycles. The van der Waals surface area contributed by atoms with E-state index >= 15 is 0 Å². The molecular weight excluding hydrogens is 352 g/mol. The number of rotatable bonds is 5. The fourth-order valence-corrected chi connectivity index (χ4v) is 8.93. The molecule has 4 unspecified atom stereocenters. The predicted molar refractivity (Wildman–Crippen MR) is 123 cm³/mol. The van der Waals surface area contributed by atoms with Gasteiger partial charge in [0, 0.05) is 6.42 Å². The van der Waals surface area contributed by atoms with Gasteiger partial charge in [0.05, 0.1) is 0 Å². The Bertz CT molecular complexity index is 659. The highest BCUT2D eigenvalue weighted by Crippen LogP contribution is 2.68. The average molecular weight is 399 g/mol. The van der Waals surface area contributed by atoms with Crippen molar-refractivity contribution in [2.45, 2.75) is 106 Å². The lowest BCUT2D eigenvalue weighted by Crippen LogP contribution is -2.53. The van der Waals surface area contributed by atoms with Gasteiger partial charge in [-0.15, -0.1) is 0 Å². The van der Waals surface area contributed by atoms with Crippen molar-refractivity contribution in [1.82, 2.24) is 0 Å². The van der Waals surface area contributed by atoms with Gasteiger partial charge in [-0.3, -0.25) is 4.79 Å². The Morgan fingerprint density at radius 1 is 1.03 bits per heavy atom. The standard InChI is InChI=1S/C28H46O/c1-18(2)8-7-9-19(3)23-10-11-24-26-20(4)16-21-17-22(29)12-14-27(21,5)25(26)13-15-28(23,24)6/h17-20,23-26H,7-16H2,1-6H3/t19?,20-,23+,24?,25?,26?,27-,28+/m0/s1. The number of hydrogen-bond donors (Lipinski definition) is 0. The topological polar surface area (TPSA) is 17.1 Å². The number of carbonyl (C=O) groups excluding carboxylic acids is 1. The van der Waals surface area contributed by atoms with Crippen LogP contribution in [-0.4, -0.2) is 5.78 Å². The van der Waals surface area contributed by atoms with Crippen LogP contribution in [0, 0.1) is 52.3 Å². The highest BCUT2D eigenvalue weighted by molar-refractivity contribution is 5.91. The number of carbonyl (C=O) groups is 1. The largest absolute Gasteiger partial charge is 0.295 e. The van der Waals surface area contributed by atoms with E-state index in [0.717, 1.165) is 54.3 Å². The van der Waals surface area contributed by atoms with Gasteiger partial charge in [0.1, 0.15) is 0 Å². The molecule has 0 amide bonds. The monoisotopic (exact) mass is 398 g/mol. The van der Waals surface area contributed by atoms with E-state index in [0.29, 0.717) is 16.6 Å². The maximum atomic E-state index is 12.1. The van der Waals surface area contributed by atoms with Crippen molar-refractivity contribution < 1.29 is 4.79 Å². The molecule has 4 aliphatic carbocycles. The van der Waals surface area contributed by atoms with Crippen LogP contribution in [0.3, 0.4) is 0 Å². The Kier molecular flexibility index (Phi) is 5.84. The second-order valence-electron chi connectivity index (χ2n) is 12.6. The maximum Gasteiger partial charge on any atom is 0.155 e. The van der Waals surface area contributed by atoms with Crippen molar-refractivity contribution in [2.24, 2.45) is 52.3 Å². The van der Waals surface area contributed by atoms with Gasteiger partial charge >= 0.3 is 0 Å². The van der Waals surface area contributed by atoms with Crippen LogP contribution in [0.2, 0.25) is 0 Å². The number of allylic oxidation sites excluding steroid dienone is 1. The zero-order valence-corrected chi connectivity index (χ0v) is 20.1. The number of ketones is 1. The van der Waals surface area contributed by atoms with Crippen molar-refractivity contribution >= 4 is 5.78 Å². The first-order valence-electron chi connectivity index (χ1n) is 12.9. The highest BCUT2D eigenvalue weighted by atomic mass is 16.1. The Morgan fingerprint density at radius 3 is 2.52 bits per heavy atom. The van der Waals surface area contributed by atoms with Crippen LogP contribution in [0.5, 0.6) is 0 Å². The molecule has 0 aromatic carbocycles. The summed E-state index contributed by atoms with van der Waals surface area (Å²) in [6, 6.07) is 0. The van der Waals surface area contributed by atoms with E-state index in [9.17, 15) is 4.79 Å². The second-order valence-corrected chi connectivity index (χ2v) is 12.6. The minimum absolute atomic E-state index is 0.313. The van der Waals surface area contributed by atoms with E-state index < -0.39 is 0 Å². The van der Waals surface area contributed by atoms with E-state index in [2.05, 4.69) is 47.6 Å². The zero-order valence-electron chi connectivity index (χ0n) is 20.1. The van der Waals surface area contributed by atoms with Gasteiger partial charge in [-0.25, -0.2) is 0 Å². The summed E-state index contributed by atoms with van der Waals surface area (Å²) in [4.78, 5) is 12.1. The maximum absolute atomic E-state index is 12.1. The summed E-state index contributed by atoms with van der Waals surface area (Å²) in [5.41, 5.74) is 2.39. The lowest BCUT2D eigenvalue weighted by atomic mass is 9.44. The average Bonchev–Trinajstić information content (AvgIpc) is 3.00. The quantitative estimate of drug-likeness (QED) is 0.461. The van der Waals surface area contributed by atoms with Gasteiger partial charge in [0.2, 0.25) is 0 Å². The van der Waals surface area contributed by atoms with E-state index in [1.807, 2.05) is 0 Å². The third-order valence-corrected chi connectivity index (χ3v) is 10.5. The summed E-state index contributed by atoms with van der Waals surface area (Å²) in [5.74, 6) is 6.44.